The number of fused-ring (bicyclic) bond motifs is 1. The van der Waals surface area contributed by atoms with Gasteiger partial charge in [0.15, 0.2) is 0 Å². The zero-order valence-corrected chi connectivity index (χ0v) is 21.9. The van der Waals surface area contributed by atoms with Gasteiger partial charge in [0.1, 0.15) is 40.6 Å². The summed E-state index contributed by atoms with van der Waals surface area (Å²) in [5.74, 6) is 3.13. The van der Waals surface area contributed by atoms with Gasteiger partial charge in [-0.3, -0.25) is 4.90 Å². The highest BCUT2D eigenvalue weighted by Gasteiger charge is 2.15. The molecule has 1 aliphatic heterocycles. The van der Waals surface area contributed by atoms with Gasteiger partial charge in [-0.05, 0) is 92.0 Å². The van der Waals surface area contributed by atoms with Crippen molar-refractivity contribution in [2.24, 2.45) is 0 Å². The van der Waals surface area contributed by atoms with Crippen LogP contribution in [0, 0.1) is 11.3 Å². The lowest BCUT2D eigenvalue weighted by molar-refractivity contribution is 0.183. The Hall–Kier alpha value is -3.24. The Kier molecular flexibility index (Phi) is 8.71. The molecule has 0 aliphatic carbocycles. The molecule has 1 saturated heterocycles. The van der Waals surface area contributed by atoms with E-state index in [1.165, 1.54) is 43.7 Å². The summed E-state index contributed by atoms with van der Waals surface area (Å²) in [7, 11) is 1.66. The number of hydrogen-bond donors (Lipinski definition) is 0. The molecular weight excluding hydrogens is 492 g/mol. The van der Waals surface area contributed by atoms with E-state index in [-0.39, 0.29) is 12.4 Å². The minimum absolute atomic E-state index is 0. The smallest absolute Gasteiger partial charge is 0.143 e. The Morgan fingerprint density at radius 1 is 0.889 bits per heavy atom. The van der Waals surface area contributed by atoms with Crippen LogP contribution in [0.5, 0.6) is 23.0 Å². The Balaban J connectivity index is 0.00000304. The summed E-state index contributed by atoms with van der Waals surface area (Å²) in [5, 5.41) is 11.3. The van der Waals surface area contributed by atoms with Gasteiger partial charge in [0, 0.05) is 22.4 Å². The maximum atomic E-state index is 9.29. The number of nitriles is 1. The monoisotopic (exact) mass is 520 g/mol. The van der Waals surface area contributed by atoms with Crippen LogP contribution in [0.25, 0.3) is 21.2 Å². The van der Waals surface area contributed by atoms with Gasteiger partial charge in [0.05, 0.1) is 7.11 Å². The minimum Gasteiger partial charge on any atom is -0.497 e. The second-order valence-corrected chi connectivity index (χ2v) is 9.71. The van der Waals surface area contributed by atoms with Crippen molar-refractivity contribution in [3.63, 3.8) is 0 Å². The van der Waals surface area contributed by atoms with E-state index in [9.17, 15) is 5.26 Å². The van der Waals surface area contributed by atoms with Crippen molar-refractivity contribution in [2.75, 3.05) is 33.4 Å². The van der Waals surface area contributed by atoms with Crippen LogP contribution in [0.3, 0.4) is 0 Å². The Morgan fingerprint density at radius 3 is 2.36 bits per heavy atom. The fraction of sp³-hybridized carbons (Fsp3) is 0.276. The third-order valence-corrected chi connectivity index (χ3v) is 7.35. The maximum Gasteiger partial charge on any atom is 0.143 e. The van der Waals surface area contributed by atoms with Gasteiger partial charge >= 0.3 is 0 Å². The van der Waals surface area contributed by atoms with E-state index in [2.05, 4.69) is 17.0 Å². The van der Waals surface area contributed by atoms with Crippen molar-refractivity contribution >= 4 is 34.5 Å². The van der Waals surface area contributed by atoms with Gasteiger partial charge in [-0.15, -0.1) is 23.7 Å². The van der Waals surface area contributed by atoms with Crippen molar-refractivity contribution < 1.29 is 14.2 Å². The zero-order valence-electron chi connectivity index (χ0n) is 20.2. The van der Waals surface area contributed by atoms with E-state index >= 15 is 0 Å². The molecule has 0 atom stereocenters. The molecule has 186 valence electrons. The second kappa shape index (κ2) is 12.1. The van der Waals surface area contributed by atoms with Crippen LogP contribution in [-0.2, 0) is 0 Å². The lowest BCUT2D eigenvalue weighted by Crippen LogP contribution is -2.33. The number of halogens is 1. The second-order valence-electron chi connectivity index (χ2n) is 8.63. The molecule has 3 aromatic carbocycles. The number of methoxy groups -OCH3 is 1. The predicted octanol–water partition coefficient (Wildman–Crippen LogP) is 7.53. The maximum absolute atomic E-state index is 9.29. The first-order valence-corrected chi connectivity index (χ1v) is 12.8. The summed E-state index contributed by atoms with van der Waals surface area (Å²) < 4.78 is 17.9. The fourth-order valence-electron chi connectivity index (χ4n) is 4.45. The molecule has 0 unspecified atom stereocenters. The number of ether oxygens (including phenoxy) is 3. The highest BCUT2D eigenvalue weighted by molar-refractivity contribution is 7.16. The van der Waals surface area contributed by atoms with Crippen LogP contribution in [0.4, 0.5) is 0 Å². The molecule has 7 heteroatoms. The van der Waals surface area contributed by atoms with E-state index in [1.807, 2.05) is 60.7 Å². The lowest BCUT2D eigenvalue weighted by Gasteiger charge is -2.26. The Morgan fingerprint density at radius 2 is 1.64 bits per heavy atom. The van der Waals surface area contributed by atoms with Gasteiger partial charge < -0.3 is 14.2 Å². The SMILES string of the molecule is COc1ccc2c(Oc3ccc(OCCN4CCCCC4)cc3)c(-c3ccc(C#N)s3)ccc2c1.Cl. The number of thiophene rings is 1. The molecule has 0 N–H and O–H groups in total. The van der Waals surface area contributed by atoms with Crippen molar-refractivity contribution in [2.45, 2.75) is 19.3 Å². The first-order chi connectivity index (χ1) is 17.2. The van der Waals surface area contributed by atoms with Gasteiger partial charge in [-0.25, -0.2) is 0 Å². The molecule has 0 saturated carbocycles. The normalized spacial score (nSPS) is 13.6. The summed E-state index contributed by atoms with van der Waals surface area (Å²) in [6, 6.07) is 23.9. The Bertz CT molecular complexity index is 1340. The van der Waals surface area contributed by atoms with Gasteiger partial charge in [0.2, 0.25) is 0 Å². The number of piperidine rings is 1. The quantitative estimate of drug-likeness (QED) is 0.240. The summed E-state index contributed by atoms with van der Waals surface area (Å²) in [4.78, 5) is 4.14. The van der Waals surface area contributed by atoms with Crippen LogP contribution in [0.1, 0.15) is 24.1 Å². The van der Waals surface area contributed by atoms with Crippen molar-refractivity contribution in [1.82, 2.24) is 4.90 Å². The van der Waals surface area contributed by atoms with Crippen LogP contribution < -0.4 is 14.2 Å². The summed E-state index contributed by atoms with van der Waals surface area (Å²) in [6.45, 7) is 4.01. The number of rotatable bonds is 8. The first kappa shape index (κ1) is 25.8. The molecule has 5 nitrogen and oxygen atoms in total. The molecular formula is C29H29ClN2O3S. The minimum atomic E-state index is 0. The summed E-state index contributed by atoms with van der Waals surface area (Å²) in [5.41, 5.74) is 0.955. The average Bonchev–Trinajstić information content (AvgIpc) is 3.39. The van der Waals surface area contributed by atoms with Crippen molar-refractivity contribution in [3.8, 4) is 39.5 Å². The van der Waals surface area contributed by atoms with Crippen LogP contribution in [0.15, 0.2) is 66.7 Å². The molecule has 1 aliphatic rings. The Labute approximate surface area is 222 Å². The highest BCUT2D eigenvalue weighted by Crippen LogP contribution is 2.42. The van der Waals surface area contributed by atoms with Gasteiger partial charge in [-0.2, -0.15) is 5.26 Å². The molecule has 36 heavy (non-hydrogen) atoms. The average molecular weight is 521 g/mol. The highest BCUT2D eigenvalue weighted by atomic mass is 35.5. The third kappa shape index (κ3) is 5.93. The lowest BCUT2D eigenvalue weighted by atomic mass is 10.0. The van der Waals surface area contributed by atoms with Crippen molar-refractivity contribution in [1.29, 1.82) is 5.26 Å². The van der Waals surface area contributed by atoms with Crippen LogP contribution in [-0.4, -0.2) is 38.3 Å². The third-order valence-electron chi connectivity index (χ3n) is 6.33. The van der Waals surface area contributed by atoms with Gasteiger partial charge in [-0.1, -0.05) is 12.5 Å². The predicted molar refractivity (Wildman–Crippen MR) is 148 cm³/mol. The zero-order chi connectivity index (χ0) is 24.0. The largest absolute Gasteiger partial charge is 0.497 e. The topological polar surface area (TPSA) is 54.7 Å². The number of likely N-dealkylation sites (tertiary alicyclic amines) is 1. The van der Waals surface area contributed by atoms with E-state index < -0.39 is 0 Å². The van der Waals surface area contributed by atoms with Crippen LogP contribution in [0.2, 0.25) is 0 Å². The van der Waals surface area contributed by atoms with Crippen LogP contribution >= 0.6 is 23.7 Å². The number of nitrogens with zero attached hydrogens (tertiary/aromatic N) is 2. The molecule has 4 aromatic rings. The first-order valence-electron chi connectivity index (χ1n) is 12.0. The van der Waals surface area contributed by atoms with E-state index in [1.54, 1.807) is 7.11 Å². The van der Waals surface area contributed by atoms with E-state index in [0.717, 1.165) is 50.8 Å². The standard InChI is InChI=1S/C29H28N2O3S.ClH/c1-32-24-10-13-26-21(19-24)5-12-27(28-14-11-25(20-30)35-28)29(26)34-23-8-6-22(7-9-23)33-18-17-31-15-3-2-4-16-31;/h5-14,19H,2-4,15-18H2,1H3;1H. The molecule has 0 radical (unpaired) electrons. The molecule has 0 spiro atoms. The fourth-order valence-corrected chi connectivity index (χ4v) is 5.28. The number of hydrogen-bond acceptors (Lipinski definition) is 6. The number of benzene rings is 3. The van der Waals surface area contributed by atoms with E-state index in [0.29, 0.717) is 11.5 Å². The summed E-state index contributed by atoms with van der Waals surface area (Å²) in [6.07, 6.45) is 3.92. The van der Waals surface area contributed by atoms with Gasteiger partial charge in [0.25, 0.3) is 0 Å². The molecule has 5 rings (SSSR count). The van der Waals surface area contributed by atoms with Crippen molar-refractivity contribution in [3.05, 3.63) is 71.6 Å². The molecule has 1 aromatic heterocycles. The molecule has 0 bridgehead atoms. The molecule has 2 heterocycles. The molecule has 1 fully saturated rings. The van der Waals surface area contributed by atoms with E-state index in [4.69, 9.17) is 14.2 Å². The summed E-state index contributed by atoms with van der Waals surface area (Å²) >= 11 is 1.46. The molecule has 0 amide bonds.